The molecular weight excluding hydrogens is 136 g/mol. The van der Waals surface area contributed by atoms with Crippen LogP contribution in [0.4, 0.5) is 0 Å². The van der Waals surface area contributed by atoms with Gasteiger partial charge in [-0.1, -0.05) is 0 Å². The number of aromatic nitrogens is 1. The van der Waals surface area contributed by atoms with Crippen molar-refractivity contribution >= 4 is 10.9 Å². The van der Waals surface area contributed by atoms with E-state index in [1.54, 1.807) is 6.07 Å². The molecule has 2 nitrogen and oxygen atoms in total. The minimum atomic E-state index is 0. The van der Waals surface area contributed by atoms with E-state index < -0.39 is 0 Å². The van der Waals surface area contributed by atoms with E-state index >= 15 is 0 Å². The van der Waals surface area contributed by atoms with E-state index in [-0.39, 0.29) is 1.43 Å². The van der Waals surface area contributed by atoms with Crippen molar-refractivity contribution in [2.75, 3.05) is 0 Å². The highest BCUT2D eigenvalue weighted by atomic mass is 14.7. The third-order valence-electron chi connectivity index (χ3n) is 1.68. The van der Waals surface area contributed by atoms with Crippen molar-refractivity contribution in [2.24, 2.45) is 0 Å². The van der Waals surface area contributed by atoms with Gasteiger partial charge in [0.2, 0.25) is 0 Å². The minimum absolute atomic E-state index is 0. The molecule has 0 saturated carbocycles. The number of nitrogens with one attached hydrogen (secondary N) is 1. The maximum absolute atomic E-state index is 8.57. The number of fused-ring (bicyclic) bond motifs is 1. The van der Waals surface area contributed by atoms with Crippen molar-refractivity contribution in [1.29, 1.82) is 5.26 Å². The molecule has 11 heavy (non-hydrogen) atoms. The van der Waals surface area contributed by atoms with Crippen molar-refractivity contribution in [1.82, 2.24) is 4.98 Å². The monoisotopic (exact) mass is 143 g/mol. The molecule has 0 atom stereocenters. The van der Waals surface area contributed by atoms with Gasteiger partial charge in [-0.15, -0.1) is 0 Å². The van der Waals surface area contributed by atoms with Crippen molar-refractivity contribution in [3.8, 4) is 6.07 Å². The molecule has 0 unspecified atom stereocenters. The lowest BCUT2D eigenvalue weighted by atomic mass is 10.2. The minimum Gasteiger partial charge on any atom is -0.361 e. The van der Waals surface area contributed by atoms with Crippen LogP contribution in [0.25, 0.3) is 10.9 Å². The molecule has 0 saturated heterocycles. The topological polar surface area (TPSA) is 39.6 Å². The molecule has 0 aliphatic heterocycles. The third kappa shape index (κ3) is 0.870. The van der Waals surface area contributed by atoms with Crippen molar-refractivity contribution in [3.05, 3.63) is 36.0 Å². The Morgan fingerprint density at radius 2 is 2.27 bits per heavy atom. The maximum atomic E-state index is 8.57. The molecule has 52 valence electrons. The summed E-state index contributed by atoms with van der Waals surface area (Å²) >= 11 is 0. The second-order valence-electron chi connectivity index (χ2n) is 2.39. The van der Waals surface area contributed by atoms with Crippen LogP contribution in [0.5, 0.6) is 0 Å². The summed E-state index contributed by atoms with van der Waals surface area (Å²) in [6.07, 6.45) is 1.87. The van der Waals surface area contributed by atoms with E-state index in [1.807, 2.05) is 24.4 Å². The third-order valence-corrected chi connectivity index (χ3v) is 1.68. The summed E-state index contributed by atoms with van der Waals surface area (Å²) in [7, 11) is 0. The average Bonchev–Trinajstić information content (AvgIpc) is 2.50. The molecule has 1 N–H and O–H groups in total. The Morgan fingerprint density at radius 1 is 1.36 bits per heavy atom. The molecule has 0 aliphatic rings. The van der Waals surface area contributed by atoms with E-state index in [4.69, 9.17) is 5.26 Å². The van der Waals surface area contributed by atoms with Gasteiger partial charge in [-0.05, 0) is 24.3 Å². The number of hydrogen-bond donors (Lipinski definition) is 1. The Hall–Kier alpha value is -1.75. The quantitative estimate of drug-likeness (QED) is 0.603. The van der Waals surface area contributed by atoms with Crippen LogP contribution in [-0.2, 0) is 0 Å². The molecule has 1 aromatic heterocycles. The lowest BCUT2D eigenvalue weighted by Crippen LogP contribution is -1.71. The fraction of sp³-hybridized carbons (Fsp3) is 0. The van der Waals surface area contributed by atoms with E-state index in [0.717, 1.165) is 10.9 Å². The Balaban J connectivity index is 0.000000720. The smallest absolute Gasteiger partial charge is 0.361 e. The number of nitriles is 1. The first-order valence-electron chi connectivity index (χ1n) is 3.37. The molecule has 0 amide bonds. The van der Waals surface area contributed by atoms with Gasteiger partial charge in [0.05, 0.1) is 11.6 Å². The molecule has 1 aromatic carbocycles. The average molecular weight is 143 g/mol. The Labute approximate surface area is 65.6 Å². The van der Waals surface area contributed by atoms with Crippen LogP contribution >= 0.6 is 0 Å². The van der Waals surface area contributed by atoms with Gasteiger partial charge in [-0.3, -0.25) is 0 Å². The van der Waals surface area contributed by atoms with Gasteiger partial charge in [0, 0.05) is 17.1 Å². The van der Waals surface area contributed by atoms with Crippen molar-refractivity contribution in [2.45, 2.75) is 0 Å². The highest BCUT2D eigenvalue weighted by Crippen LogP contribution is 2.12. The second kappa shape index (κ2) is 2.14. The first-order chi connectivity index (χ1) is 5.40. The van der Waals surface area contributed by atoms with Crippen molar-refractivity contribution in [3.63, 3.8) is 0 Å². The number of hydrogen-bond acceptors (Lipinski definition) is 1. The summed E-state index contributed by atoms with van der Waals surface area (Å²) in [4.78, 5) is 3.06. The molecule has 2 heteroatoms. The standard InChI is InChI=1S/C9H6N2/c10-6-7-1-2-9-8(5-7)3-4-11-9/h1-5,11H/p+1. The van der Waals surface area contributed by atoms with Gasteiger partial charge in [0.15, 0.2) is 0 Å². The highest BCUT2D eigenvalue weighted by molar-refractivity contribution is 5.80. The van der Waals surface area contributed by atoms with Crippen LogP contribution in [-0.4, -0.2) is 4.98 Å². The largest absolute Gasteiger partial charge is 1.00 e. The zero-order chi connectivity index (χ0) is 7.68. The van der Waals surface area contributed by atoms with Gasteiger partial charge in [-0.2, -0.15) is 5.26 Å². The second-order valence-corrected chi connectivity index (χ2v) is 2.39. The number of H-pyrrole nitrogens is 1. The molecular formula is C9H7N2+. The summed E-state index contributed by atoms with van der Waals surface area (Å²) in [6.45, 7) is 0. The number of aromatic amines is 1. The first kappa shape index (κ1) is 5.99. The predicted octanol–water partition coefficient (Wildman–Crippen LogP) is 2.15. The molecule has 0 spiro atoms. The molecule has 0 aliphatic carbocycles. The lowest BCUT2D eigenvalue weighted by Gasteiger charge is -1.88. The van der Waals surface area contributed by atoms with E-state index in [9.17, 15) is 0 Å². The zero-order valence-corrected chi connectivity index (χ0v) is 5.83. The van der Waals surface area contributed by atoms with E-state index in [2.05, 4.69) is 11.1 Å². The van der Waals surface area contributed by atoms with Crippen molar-refractivity contribution < 1.29 is 1.43 Å². The van der Waals surface area contributed by atoms with Gasteiger partial charge in [-0.25, -0.2) is 0 Å². The normalized spacial score (nSPS) is 9.73. The SMILES string of the molecule is N#Cc1ccc2[nH]ccc2c1.[H+]. The fourth-order valence-corrected chi connectivity index (χ4v) is 1.12. The first-order valence-corrected chi connectivity index (χ1v) is 3.37. The van der Waals surface area contributed by atoms with Crippen LogP contribution < -0.4 is 0 Å². The number of rotatable bonds is 0. The summed E-state index contributed by atoms with van der Waals surface area (Å²) in [5.74, 6) is 0. The van der Waals surface area contributed by atoms with Crippen LogP contribution in [0.1, 0.15) is 6.99 Å². The zero-order valence-electron chi connectivity index (χ0n) is 6.83. The number of nitrogens with zero attached hydrogens (tertiary/aromatic N) is 1. The molecule has 2 rings (SSSR count). The summed E-state index contributed by atoms with van der Waals surface area (Å²) < 4.78 is 0. The van der Waals surface area contributed by atoms with Crippen LogP contribution in [0, 0.1) is 11.3 Å². The highest BCUT2D eigenvalue weighted by Gasteiger charge is 1.94. The maximum Gasteiger partial charge on any atom is 1.00 e. The molecule has 0 fully saturated rings. The molecule has 2 aromatic rings. The van der Waals surface area contributed by atoms with Gasteiger partial charge >= 0.3 is 1.43 Å². The Bertz CT molecular complexity index is 425. The molecule has 0 radical (unpaired) electrons. The summed E-state index contributed by atoms with van der Waals surface area (Å²) in [6, 6.07) is 9.63. The van der Waals surface area contributed by atoms with Gasteiger partial charge in [0.1, 0.15) is 0 Å². The lowest BCUT2D eigenvalue weighted by molar-refractivity contribution is 1.47. The van der Waals surface area contributed by atoms with Crippen LogP contribution in [0.3, 0.4) is 0 Å². The van der Waals surface area contributed by atoms with Crippen LogP contribution in [0.15, 0.2) is 30.5 Å². The Morgan fingerprint density at radius 3 is 3.09 bits per heavy atom. The predicted molar refractivity (Wildman–Crippen MR) is 44.1 cm³/mol. The van der Waals surface area contributed by atoms with Gasteiger partial charge in [0.25, 0.3) is 0 Å². The summed E-state index contributed by atoms with van der Waals surface area (Å²) in [5.41, 5.74) is 1.78. The van der Waals surface area contributed by atoms with E-state index in [0.29, 0.717) is 5.56 Å². The van der Waals surface area contributed by atoms with Crippen LogP contribution in [0.2, 0.25) is 0 Å². The Kier molecular flexibility index (Phi) is 1.16. The molecule has 0 bridgehead atoms. The fourth-order valence-electron chi connectivity index (χ4n) is 1.12. The van der Waals surface area contributed by atoms with Gasteiger partial charge < -0.3 is 4.98 Å². The summed E-state index contributed by atoms with van der Waals surface area (Å²) in [5, 5.41) is 9.66. The molecule has 1 heterocycles. The van der Waals surface area contributed by atoms with E-state index in [1.165, 1.54) is 0 Å². The number of benzene rings is 1.